The summed E-state index contributed by atoms with van der Waals surface area (Å²) in [5.41, 5.74) is 1.55. The van der Waals surface area contributed by atoms with Crippen molar-refractivity contribution >= 4 is 11.8 Å². The van der Waals surface area contributed by atoms with Crippen LogP contribution in [0.1, 0.15) is 49.1 Å². The largest absolute Gasteiger partial charge is 0.350 e. The normalized spacial score (nSPS) is 14.2. The molecule has 6 nitrogen and oxygen atoms in total. The van der Waals surface area contributed by atoms with Gasteiger partial charge in [0.05, 0.1) is 0 Å². The number of rotatable bonds is 7. The average Bonchev–Trinajstić information content (AvgIpc) is 3.19. The molecule has 0 radical (unpaired) electrons. The summed E-state index contributed by atoms with van der Waals surface area (Å²) in [6, 6.07) is 11.2. The third-order valence-electron chi connectivity index (χ3n) is 4.62. The van der Waals surface area contributed by atoms with Gasteiger partial charge in [0.25, 0.3) is 5.91 Å². The van der Waals surface area contributed by atoms with Gasteiger partial charge in [0, 0.05) is 37.7 Å². The molecule has 2 heterocycles. The summed E-state index contributed by atoms with van der Waals surface area (Å²) in [6.45, 7) is 2.31. The van der Waals surface area contributed by atoms with Crippen molar-refractivity contribution in [2.75, 3.05) is 19.6 Å². The van der Waals surface area contributed by atoms with Crippen molar-refractivity contribution in [3.63, 3.8) is 0 Å². The predicted molar refractivity (Wildman–Crippen MR) is 98.6 cm³/mol. The number of likely N-dealkylation sites (tertiary alicyclic amines) is 1. The molecule has 1 aliphatic rings. The molecule has 2 aromatic rings. The fraction of sp³-hybridized carbons (Fsp3) is 0.450. The fourth-order valence-corrected chi connectivity index (χ4v) is 3.12. The number of carbonyl (C=O) groups excluding carboxylic acids is 2. The summed E-state index contributed by atoms with van der Waals surface area (Å²) < 4.78 is 5.13. The number of carbonyl (C=O) groups is 2. The number of aromatic nitrogens is 1. The maximum atomic E-state index is 12.1. The van der Waals surface area contributed by atoms with Gasteiger partial charge >= 0.3 is 0 Å². The van der Waals surface area contributed by atoms with Crippen LogP contribution in [0.4, 0.5) is 0 Å². The van der Waals surface area contributed by atoms with Crippen molar-refractivity contribution in [1.82, 2.24) is 15.4 Å². The van der Waals surface area contributed by atoms with Crippen LogP contribution in [0.25, 0.3) is 11.3 Å². The van der Waals surface area contributed by atoms with Crippen molar-refractivity contribution in [2.24, 2.45) is 0 Å². The Balaban J connectivity index is 1.37. The van der Waals surface area contributed by atoms with Gasteiger partial charge < -0.3 is 14.7 Å². The smallest absolute Gasteiger partial charge is 0.289 e. The summed E-state index contributed by atoms with van der Waals surface area (Å²) in [7, 11) is 0. The van der Waals surface area contributed by atoms with Gasteiger partial charge in [0.15, 0.2) is 0 Å². The molecule has 0 unspecified atom stereocenters. The third kappa shape index (κ3) is 4.94. The number of benzene rings is 1. The van der Waals surface area contributed by atoms with Crippen LogP contribution in [0.2, 0.25) is 0 Å². The summed E-state index contributed by atoms with van der Waals surface area (Å²) >= 11 is 0. The molecule has 0 spiro atoms. The highest BCUT2D eigenvalue weighted by molar-refractivity contribution is 5.92. The second-order valence-electron chi connectivity index (χ2n) is 6.60. The van der Waals surface area contributed by atoms with Crippen molar-refractivity contribution in [2.45, 2.75) is 38.5 Å². The van der Waals surface area contributed by atoms with Gasteiger partial charge in [0.1, 0.15) is 5.69 Å². The first-order valence-electron chi connectivity index (χ1n) is 9.32. The highest BCUT2D eigenvalue weighted by atomic mass is 16.5. The Hall–Kier alpha value is -2.63. The number of nitrogens with zero attached hydrogens (tertiary/aromatic N) is 2. The molecule has 1 aromatic carbocycles. The lowest BCUT2D eigenvalue weighted by molar-refractivity contribution is -0.132. The standard InChI is InChI=1S/C20H25N3O3/c24-19(23-13-7-2-8-14-23)11-5-6-12-21-20(25)18-15-17(22-26-18)16-9-3-1-4-10-16/h1,3-4,9-10,15H,2,5-8,11-14H2,(H,21,25). The Morgan fingerprint density at radius 1 is 1.08 bits per heavy atom. The molecule has 1 fully saturated rings. The van der Waals surface area contributed by atoms with Gasteiger partial charge in [-0.05, 0) is 32.1 Å². The van der Waals surface area contributed by atoms with Crippen LogP contribution >= 0.6 is 0 Å². The molecule has 0 atom stereocenters. The highest BCUT2D eigenvalue weighted by Gasteiger charge is 2.16. The molecule has 26 heavy (non-hydrogen) atoms. The molecule has 1 N–H and O–H groups in total. The van der Waals surface area contributed by atoms with Crippen LogP contribution in [-0.2, 0) is 4.79 Å². The molecular formula is C20H25N3O3. The van der Waals surface area contributed by atoms with E-state index < -0.39 is 0 Å². The van der Waals surface area contributed by atoms with Gasteiger partial charge in [-0.1, -0.05) is 35.5 Å². The van der Waals surface area contributed by atoms with E-state index in [9.17, 15) is 9.59 Å². The zero-order valence-electron chi connectivity index (χ0n) is 14.9. The summed E-state index contributed by atoms with van der Waals surface area (Å²) in [5.74, 6) is 0.161. The molecule has 3 rings (SSSR count). The number of amides is 2. The Morgan fingerprint density at radius 2 is 1.85 bits per heavy atom. The van der Waals surface area contributed by atoms with Crippen LogP contribution in [0, 0.1) is 0 Å². The van der Waals surface area contributed by atoms with E-state index in [2.05, 4.69) is 10.5 Å². The summed E-state index contributed by atoms with van der Waals surface area (Å²) in [6.07, 6.45) is 5.56. The molecule has 6 heteroatoms. The number of unbranched alkanes of at least 4 members (excludes halogenated alkanes) is 1. The van der Waals surface area contributed by atoms with Crippen LogP contribution in [0.5, 0.6) is 0 Å². The molecule has 0 saturated carbocycles. The second-order valence-corrected chi connectivity index (χ2v) is 6.60. The van der Waals surface area contributed by atoms with E-state index in [1.54, 1.807) is 6.07 Å². The second kappa shape index (κ2) is 9.17. The van der Waals surface area contributed by atoms with Crippen molar-refractivity contribution in [3.05, 3.63) is 42.2 Å². The Kier molecular flexibility index (Phi) is 6.41. The first-order valence-corrected chi connectivity index (χ1v) is 9.32. The van der Waals surface area contributed by atoms with Crippen LogP contribution < -0.4 is 5.32 Å². The quantitative estimate of drug-likeness (QED) is 0.774. The van der Waals surface area contributed by atoms with Gasteiger partial charge in [-0.15, -0.1) is 0 Å². The average molecular weight is 355 g/mol. The zero-order valence-corrected chi connectivity index (χ0v) is 14.9. The SMILES string of the molecule is O=C(NCCCCC(=O)N1CCCCC1)c1cc(-c2ccccc2)no1. The number of piperidine rings is 1. The third-order valence-corrected chi connectivity index (χ3v) is 4.62. The Labute approximate surface area is 153 Å². The van der Waals surface area contributed by atoms with E-state index in [0.717, 1.165) is 44.3 Å². The maximum Gasteiger partial charge on any atom is 0.289 e. The van der Waals surface area contributed by atoms with Crippen LogP contribution in [-0.4, -0.2) is 41.5 Å². The summed E-state index contributed by atoms with van der Waals surface area (Å²) in [5, 5.41) is 6.76. The molecule has 0 aliphatic carbocycles. The monoisotopic (exact) mass is 355 g/mol. The molecule has 1 aliphatic heterocycles. The van der Waals surface area contributed by atoms with Gasteiger partial charge in [-0.3, -0.25) is 9.59 Å². The molecular weight excluding hydrogens is 330 g/mol. The minimum atomic E-state index is -0.276. The zero-order chi connectivity index (χ0) is 18.2. The fourth-order valence-electron chi connectivity index (χ4n) is 3.12. The van der Waals surface area contributed by atoms with Crippen molar-refractivity contribution in [3.8, 4) is 11.3 Å². The van der Waals surface area contributed by atoms with Crippen LogP contribution in [0.15, 0.2) is 40.9 Å². The number of nitrogens with one attached hydrogen (secondary N) is 1. The summed E-state index contributed by atoms with van der Waals surface area (Å²) in [4.78, 5) is 26.1. The predicted octanol–water partition coefficient (Wildman–Crippen LogP) is 3.25. The molecule has 2 amide bonds. The first kappa shape index (κ1) is 18.2. The lowest BCUT2D eigenvalue weighted by Crippen LogP contribution is -2.35. The minimum Gasteiger partial charge on any atom is -0.350 e. The molecule has 1 aromatic heterocycles. The van der Waals surface area contributed by atoms with Gasteiger partial charge in [0.2, 0.25) is 11.7 Å². The van der Waals surface area contributed by atoms with E-state index in [1.165, 1.54) is 6.42 Å². The topological polar surface area (TPSA) is 75.4 Å². The van der Waals surface area contributed by atoms with Crippen molar-refractivity contribution < 1.29 is 14.1 Å². The Morgan fingerprint density at radius 3 is 2.62 bits per heavy atom. The Bertz CT molecular complexity index is 721. The minimum absolute atomic E-state index is 0.202. The van der Waals surface area contributed by atoms with Crippen molar-refractivity contribution in [1.29, 1.82) is 0 Å². The van der Waals surface area contributed by atoms with E-state index in [0.29, 0.717) is 18.7 Å². The highest BCUT2D eigenvalue weighted by Crippen LogP contribution is 2.18. The van der Waals surface area contributed by atoms with E-state index >= 15 is 0 Å². The first-order chi connectivity index (χ1) is 12.7. The maximum absolute atomic E-state index is 12.1. The molecule has 0 bridgehead atoms. The molecule has 1 saturated heterocycles. The van der Waals surface area contributed by atoms with Gasteiger partial charge in [-0.25, -0.2) is 0 Å². The van der Waals surface area contributed by atoms with E-state index in [-0.39, 0.29) is 17.6 Å². The van der Waals surface area contributed by atoms with E-state index in [1.807, 2.05) is 35.2 Å². The number of hydrogen-bond acceptors (Lipinski definition) is 4. The van der Waals surface area contributed by atoms with Gasteiger partial charge in [-0.2, -0.15) is 0 Å². The lowest BCUT2D eigenvalue weighted by Gasteiger charge is -2.26. The van der Waals surface area contributed by atoms with E-state index in [4.69, 9.17) is 4.52 Å². The molecule has 138 valence electrons. The van der Waals surface area contributed by atoms with Crippen LogP contribution in [0.3, 0.4) is 0 Å². The lowest BCUT2D eigenvalue weighted by atomic mass is 10.1. The number of hydrogen-bond donors (Lipinski definition) is 1.